The number of carbonyl (C=O) groups is 1. The minimum absolute atomic E-state index is 0.0956. The molecule has 0 saturated heterocycles. The first-order valence-corrected chi connectivity index (χ1v) is 9.64. The van der Waals surface area contributed by atoms with Crippen LogP contribution < -0.4 is 0 Å². The van der Waals surface area contributed by atoms with Crippen LogP contribution in [-0.4, -0.2) is 24.8 Å². The Morgan fingerprint density at radius 3 is 2.54 bits per heavy atom. The molecule has 0 N–H and O–H groups in total. The highest BCUT2D eigenvalue weighted by Crippen LogP contribution is 2.28. The van der Waals surface area contributed by atoms with E-state index in [1.165, 1.54) is 24.3 Å². The molecule has 0 unspecified atom stereocenters. The van der Waals surface area contributed by atoms with Crippen molar-refractivity contribution in [1.29, 1.82) is 0 Å². The fraction of sp³-hybridized carbons (Fsp3) is 0.250. The second-order valence-corrected chi connectivity index (χ2v) is 8.10. The first-order valence-electron chi connectivity index (χ1n) is 7.43. The summed E-state index contributed by atoms with van der Waals surface area (Å²) in [6.07, 6.45) is 1.47. The van der Waals surface area contributed by atoms with Gasteiger partial charge in [-0.3, -0.25) is 19.2 Å². The van der Waals surface area contributed by atoms with E-state index in [9.17, 15) is 23.3 Å². The molecule has 1 aromatic rings. The summed E-state index contributed by atoms with van der Waals surface area (Å²) in [4.78, 5) is 21.9. The molecule has 138 valence electrons. The number of nitro groups is 1. The summed E-state index contributed by atoms with van der Waals surface area (Å²) in [5, 5.41) is 14.4. The van der Waals surface area contributed by atoms with E-state index < -0.39 is 19.9 Å². The van der Waals surface area contributed by atoms with Crippen LogP contribution >= 0.6 is 15.9 Å². The Morgan fingerprint density at radius 2 is 1.96 bits per heavy atom. The number of oxime groups is 1. The van der Waals surface area contributed by atoms with Gasteiger partial charge in [0.05, 0.1) is 9.41 Å². The van der Waals surface area contributed by atoms with Gasteiger partial charge in [-0.25, -0.2) is 0 Å². The molecule has 2 rings (SSSR count). The van der Waals surface area contributed by atoms with Crippen molar-refractivity contribution in [3.8, 4) is 0 Å². The van der Waals surface area contributed by atoms with Crippen LogP contribution in [-0.2, 0) is 19.2 Å². The number of rotatable bonds is 5. The number of nitrogens with zero attached hydrogens (tertiary/aromatic N) is 2. The normalized spacial score (nSPS) is 16.9. The molecule has 0 heterocycles. The molecular weight excluding hydrogens is 428 g/mol. The second-order valence-electron chi connectivity index (χ2n) is 5.78. The molecule has 0 bridgehead atoms. The molecule has 0 saturated carbocycles. The van der Waals surface area contributed by atoms with E-state index >= 15 is 0 Å². The molecule has 0 fully saturated rings. The van der Waals surface area contributed by atoms with E-state index in [4.69, 9.17) is 4.28 Å². The van der Waals surface area contributed by atoms with Crippen molar-refractivity contribution in [2.24, 2.45) is 11.1 Å². The lowest BCUT2D eigenvalue weighted by atomic mass is 9.90. The van der Waals surface area contributed by atoms with Crippen LogP contribution in [0.5, 0.6) is 0 Å². The zero-order valence-corrected chi connectivity index (χ0v) is 16.5. The van der Waals surface area contributed by atoms with Crippen LogP contribution in [0, 0.1) is 16.0 Å². The number of benzene rings is 1. The van der Waals surface area contributed by atoms with Gasteiger partial charge in [0.2, 0.25) is 0 Å². The largest absolute Gasteiger partial charge is 0.358 e. The lowest BCUT2D eigenvalue weighted by Gasteiger charge is -2.17. The minimum atomic E-state index is -4.35. The number of halogens is 1. The Kier molecular flexibility index (Phi) is 5.77. The fourth-order valence-corrected chi connectivity index (χ4v) is 3.35. The van der Waals surface area contributed by atoms with Gasteiger partial charge >= 0.3 is 10.1 Å². The van der Waals surface area contributed by atoms with E-state index in [2.05, 4.69) is 21.1 Å². The standard InChI is InChI=1S/C16H15BrN2O6S/c1-9(2)13-8-14(10(3)15(17)16(13)20)18-25-26(23,24)12-6-4-5-11(7-12)19(21)22/h4-9H,1-3H3/b18-14+. The van der Waals surface area contributed by atoms with Crippen molar-refractivity contribution in [1.82, 2.24) is 0 Å². The van der Waals surface area contributed by atoms with E-state index in [1.807, 2.05) is 13.8 Å². The maximum Gasteiger partial charge on any atom is 0.358 e. The van der Waals surface area contributed by atoms with Crippen LogP contribution in [0.2, 0.25) is 0 Å². The lowest BCUT2D eigenvalue weighted by Crippen LogP contribution is -2.19. The van der Waals surface area contributed by atoms with Crippen LogP contribution in [0.4, 0.5) is 5.69 Å². The summed E-state index contributed by atoms with van der Waals surface area (Å²) >= 11 is 3.19. The average molecular weight is 443 g/mol. The maximum atomic E-state index is 12.3. The predicted molar refractivity (Wildman–Crippen MR) is 98.4 cm³/mol. The number of allylic oxidation sites excluding steroid dienone is 4. The Morgan fingerprint density at radius 1 is 1.31 bits per heavy atom. The predicted octanol–water partition coefficient (Wildman–Crippen LogP) is 3.49. The molecule has 1 aliphatic carbocycles. The molecule has 10 heteroatoms. The SMILES string of the molecule is CC1=C(Br)C(=O)C(C(C)C)=C/C1=N\OS(=O)(=O)c1cccc([N+](=O)[O-])c1. The van der Waals surface area contributed by atoms with E-state index in [-0.39, 0.29) is 27.6 Å². The molecular formula is C16H15BrN2O6S. The Labute approximate surface area is 158 Å². The van der Waals surface area contributed by atoms with E-state index in [0.29, 0.717) is 11.1 Å². The van der Waals surface area contributed by atoms with Gasteiger partial charge in [-0.1, -0.05) is 25.1 Å². The Bertz CT molecular complexity index is 976. The molecule has 0 radical (unpaired) electrons. The van der Waals surface area contributed by atoms with Gasteiger partial charge in [-0.15, -0.1) is 0 Å². The molecule has 0 spiro atoms. The van der Waals surface area contributed by atoms with E-state index in [0.717, 1.165) is 6.07 Å². The molecule has 26 heavy (non-hydrogen) atoms. The van der Waals surface area contributed by atoms with Crippen molar-refractivity contribution in [3.63, 3.8) is 0 Å². The van der Waals surface area contributed by atoms with Crippen LogP contribution in [0.3, 0.4) is 0 Å². The molecule has 0 aromatic heterocycles. The third-order valence-corrected chi connectivity index (χ3v) is 5.70. The third kappa shape index (κ3) is 4.07. The second kappa shape index (κ2) is 7.50. The topological polar surface area (TPSA) is 116 Å². The van der Waals surface area contributed by atoms with Gasteiger partial charge in [0, 0.05) is 17.7 Å². The molecule has 1 aromatic carbocycles. The lowest BCUT2D eigenvalue weighted by molar-refractivity contribution is -0.385. The number of nitro benzene ring substituents is 1. The van der Waals surface area contributed by atoms with Gasteiger partial charge in [-0.2, -0.15) is 8.42 Å². The molecule has 1 aliphatic rings. The number of hydrogen-bond donors (Lipinski definition) is 0. The van der Waals surface area contributed by atoms with Crippen LogP contribution in [0.1, 0.15) is 20.8 Å². The van der Waals surface area contributed by atoms with Gasteiger partial charge in [-0.05, 0) is 46.5 Å². The van der Waals surface area contributed by atoms with Crippen molar-refractivity contribution < 1.29 is 22.4 Å². The highest BCUT2D eigenvalue weighted by molar-refractivity contribution is 9.12. The molecule has 0 atom stereocenters. The smallest absolute Gasteiger partial charge is 0.288 e. The van der Waals surface area contributed by atoms with Crippen molar-refractivity contribution in [2.75, 3.05) is 0 Å². The maximum absolute atomic E-state index is 12.3. The molecule has 0 amide bonds. The number of non-ortho nitro benzene ring substituents is 1. The number of Topliss-reactive ketones (excluding diaryl/α,β-unsaturated/α-hetero) is 1. The van der Waals surface area contributed by atoms with Crippen molar-refractivity contribution >= 4 is 43.2 Å². The third-order valence-electron chi connectivity index (χ3n) is 3.64. The average Bonchev–Trinajstić information content (AvgIpc) is 2.59. The molecule has 8 nitrogen and oxygen atoms in total. The Hall–Kier alpha value is -2.33. The highest BCUT2D eigenvalue weighted by atomic mass is 79.9. The van der Waals surface area contributed by atoms with Crippen LogP contribution in [0.15, 0.2) is 56.0 Å². The first-order chi connectivity index (χ1) is 12.0. The highest BCUT2D eigenvalue weighted by Gasteiger charge is 2.26. The quantitative estimate of drug-likeness (QED) is 0.391. The Balaban J connectivity index is 2.39. The molecule has 0 aliphatic heterocycles. The monoisotopic (exact) mass is 442 g/mol. The summed E-state index contributed by atoms with van der Waals surface area (Å²) in [6, 6.07) is 4.45. The zero-order chi connectivity index (χ0) is 19.6. The van der Waals surface area contributed by atoms with Gasteiger partial charge in [0.1, 0.15) is 10.6 Å². The number of ketones is 1. The first kappa shape index (κ1) is 20.0. The summed E-state index contributed by atoms with van der Waals surface area (Å²) in [5.74, 6) is -0.292. The summed E-state index contributed by atoms with van der Waals surface area (Å²) in [5.41, 5.74) is 0.673. The zero-order valence-electron chi connectivity index (χ0n) is 14.1. The van der Waals surface area contributed by atoms with E-state index in [1.54, 1.807) is 6.92 Å². The summed E-state index contributed by atoms with van der Waals surface area (Å²) in [7, 11) is -4.35. The van der Waals surface area contributed by atoms with Gasteiger partial charge in [0.15, 0.2) is 5.78 Å². The van der Waals surface area contributed by atoms with Crippen molar-refractivity contribution in [3.05, 3.63) is 56.1 Å². The summed E-state index contributed by atoms with van der Waals surface area (Å²) in [6.45, 7) is 5.24. The number of carbonyl (C=O) groups excluding carboxylic acids is 1. The number of hydrogen-bond acceptors (Lipinski definition) is 7. The van der Waals surface area contributed by atoms with Crippen molar-refractivity contribution in [2.45, 2.75) is 25.7 Å². The minimum Gasteiger partial charge on any atom is -0.288 e. The van der Waals surface area contributed by atoms with Gasteiger partial charge in [0.25, 0.3) is 5.69 Å². The fourth-order valence-electron chi connectivity index (χ4n) is 2.14. The summed E-state index contributed by atoms with van der Waals surface area (Å²) < 4.78 is 29.5. The van der Waals surface area contributed by atoms with Gasteiger partial charge < -0.3 is 0 Å². The van der Waals surface area contributed by atoms with Crippen LogP contribution in [0.25, 0.3) is 0 Å².